The van der Waals surface area contributed by atoms with Gasteiger partial charge in [0.15, 0.2) is 0 Å². The molecule has 30 heavy (non-hydrogen) atoms. The van der Waals surface area contributed by atoms with Crippen LogP contribution < -0.4 is 0 Å². The highest BCUT2D eigenvalue weighted by Gasteiger charge is 2.37. The molecule has 0 spiro atoms. The lowest BCUT2D eigenvalue weighted by atomic mass is 10.3. The molecule has 2 fully saturated rings. The zero-order valence-corrected chi connectivity index (χ0v) is 19.0. The molecule has 2 aliphatic rings. The maximum absolute atomic E-state index is 13.1. The molecule has 0 N–H and O–H groups in total. The molecule has 3 rings (SSSR count). The first-order valence-corrected chi connectivity index (χ1v) is 11.7. The lowest BCUT2D eigenvalue weighted by Crippen LogP contribution is -2.57. The fourth-order valence-corrected chi connectivity index (χ4v) is 5.80. The zero-order valence-electron chi connectivity index (χ0n) is 16.6. The molecule has 0 saturated carbocycles. The van der Waals surface area contributed by atoms with Gasteiger partial charge in [0.25, 0.3) is 10.2 Å². The van der Waals surface area contributed by atoms with Gasteiger partial charge in [0.05, 0.1) is 29.5 Å². The SMILES string of the molecule is C[C@@H]1CN(S(=O)(=O)N2CCN(Cn3cc(C(F)(F)F)cc(Cl)c3=S)CC2)C[C@H](C)O1. The second-order valence-electron chi connectivity index (χ2n) is 7.59. The van der Waals surface area contributed by atoms with Crippen LogP contribution in [0, 0.1) is 4.64 Å². The standard InChI is InChI=1S/C17H24ClF3N4O3S2/c1-12-8-25(9-13(2)28-12)30(26,27)24-5-3-22(4-6-24)11-23-10-14(17(19,20)21)7-15(18)16(23)29/h7,10,12-13H,3-6,8-9,11H2,1-2H3/t12-,13+. The van der Waals surface area contributed by atoms with E-state index in [4.69, 9.17) is 28.6 Å². The molecule has 0 aliphatic carbocycles. The summed E-state index contributed by atoms with van der Waals surface area (Å²) in [6.07, 6.45) is -3.96. The second kappa shape index (κ2) is 9.00. The molecule has 2 aliphatic heterocycles. The number of aromatic nitrogens is 1. The minimum Gasteiger partial charge on any atom is -0.373 e. The Balaban J connectivity index is 1.66. The molecule has 2 atom stereocenters. The fraction of sp³-hybridized carbons (Fsp3) is 0.706. The molecule has 1 aromatic heterocycles. The Morgan fingerprint density at radius 3 is 2.23 bits per heavy atom. The van der Waals surface area contributed by atoms with Crippen LogP contribution in [0.4, 0.5) is 13.2 Å². The van der Waals surface area contributed by atoms with Crippen molar-refractivity contribution in [2.45, 2.75) is 38.9 Å². The van der Waals surface area contributed by atoms with Gasteiger partial charge in [-0.2, -0.15) is 30.2 Å². The maximum Gasteiger partial charge on any atom is 0.417 e. The summed E-state index contributed by atoms with van der Waals surface area (Å²) in [6, 6.07) is 0.815. The van der Waals surface area contributed by atoms with Crippen LogP contribution in [-0.4, -0.2) is 78.0 Å². The van der Waals surface area contributed by atoms with Crippen LogP contribution in [0.15, 0.2) is 12.3 Å². The number of alkyl halides is 3. The average Bonchev–Trinajstić information content (AvgIpc) is 2.64. The molecule has 0 amide bonds. The number of ether oxygens (including phenoxy) is 1. The molecule has 1 aromatic rings. The predicted molar refractivity (Wildman–Crippen MR) is 109 cm³/mol. The number of halogens is 4. The molecule has 3 heterocycles. The molecular formula is C17H24ClF3N4O3S2. The Morgan fingerprint density at radius 2 is 1.70 bits per heavy atom. The quantitative estimate of drug-likeness (QED) is 0.610. The molecule has 7 nitrogen and oxygen atoms in total. The van der Waals surface area contributed by atoms with Gasteiger partial charge >= 0.3 is 6.18 Å². The first kappa shape index (κ1) is 23.9. The Morgan fingerprint density at radius 1 is 1.13 bits per heavy atom. The number of hydrogen-bond donors (Lipinski definition) is 0. The van der Waals surface area contributed by atoms with Crippen molar-refractivity contribution in [3.8, 4) is 0 Å². The summed E-state index contributed by atoms with van der Waals surface area (Å²) < 4.78 is 75.0. The van der Waals surface area contributed by atoms with Gasteiger partial charge in [-0.25, -0.2) is 0 Å². The summed E-state index contributed by atoms with van der Waals surface area (Å²) in [7, 11) is -3.63. The van der Waals surface area contributed by atoms with Crippen molar-refractivity contribution in [3.05, 3.63) is 27.5 Å². The number of piperazine rings is 1. The van der Waals surface area contributed by atoms with Crippen molar-refractivity contribution in [2.24, 2.45) is 0 Å². The zero-order chi connectivity index (χ0) is 22.3. The Labute approximate surface area is 184 Å². The van der Waals surface area contributed by atoms with E-state index in [-0.39, 0.29) is 41.6 Å². The van der Waals surface area contributed by atoms with E-state index in [0.29, 0.717) is 26.2 Å². The molecule has 0 radical (unpaired) electrons. The average molecular weight is 489 g/mol. The van der Waals surface area contributed by atoms with Gasteiger partial charge < -0.3 is 9.30 Å². The van der Waals surface area contributed by atoms with Crippen molar-refractivity contribution >= 4 is 34.0 Å². The highest BCUT2D eigenvalue weighted by atomic mass is 35.5. The van der Waals surface area contributed by atoms with E-state index < -0.39 is 21.9 Å². The first-order chi connectivity index (χ1) is 13.9. The summed E-state index contributed by atoms with van der Waals surface area (Å²) in [5.74, 6) is 0. The normalized spacial score (nSPS) is 25.5. The lowest BCUT2D eigenvalue weighted by Gasteiger charge is -2.40. The third-order valence-electron chi connectivity index (χ3n) is 5.09. The summed E-state index contributed by atoms with van der Waals surface area (Å²) >= 11 is 11.0. The number of rotatable bonds is 4. The Bertz CT molecular complexity index is 923. The lowest BCUT2D eigenvalue weighted by molar-refractivity contribution is -0.138. The van der Waals surface area contributed by atoms with Crippen LogP contribution in [0.1, 0.15) is 19.4 Å². The summed E-state index contributed by atoms with van der Waals surface area (Å²) in [5, 5.41) is -0.142. The van der Waals surface area contributed by atoms with Gasteiger partial charge in [0.2, 0.25) is 0 Å². The molecule has 170 valence electrons. The van der Waals surface area contributed by atoms with Crippen LogP contribution in [0.25, 0.3) is 0 Å². The van der Waals surface area contributed by atoms with E-state index in [0.717, 1.165) is 12.3 Å². The number of pyridine rings is 1. The van der Waals surface area contributed by atoms with Crippen LogP contribution in [0.3, 0.4) is 0 Å². The highest BCUT2D eigenvalue weighted by Crippen LogP contribution is 2.31. The predicted octanol–water partition coefficient (Wildman–Crippen LogP) is 2.82. The number of hydrogen-bond acceptors (Lipinski definition) is 5. The second-order valence-corrected chi connectivity index (χ2v) is 10.3. The van der Waals surface area contributed by atoms with Gasteiger partial charge in [0.1, 0.15) is 4.64 Å². The van der Waals surface area contributed by atoms with E-state index in [9.17, 15) is 21.6 Å². The van der Waals surface area contributed by atoms with E-state index >= 15 is 0 Å². The summed E-state index contributed by atoms with van der Waals surface area (Å²) in [5.41, 5.74) is -0.877. The van der Waals surface area contributed by atoms with Crippen LogP contribution in [0.5, 0.6) is 0 Å². The minimum atomic E-state index is -4.53. The maximum atomic E-state index is 13.1. The fourth-order valence-electron chi connectivity index (χ4n) is 3.66. The monoisotopic (exact) mass is 488 g/mol. The van der Waals surface area contributed by atoms with Gasteiger partial charge in [-0.05, 0) is 19.9 Å². The van der Waals surface area contributed by atoms with Crippen LogP contribution in [-0.2, 0) is 27.8 Å². The molecule has 2 saturated heterocycles. The highest BCUT2D eigenvalue weighted by molar-refractivity contribution is 7.86. The third-order valence-corrected chi connectivity index (χ3v) is 7.91. The molecule has 13 heteroatoms. The Kier molecular flexibility index (Phi) is 7.17. The largest absolute Gasteiger partial charge is 0.417 e. The van der Waals surface area contributed by atoms with Crippen molar-refractivity contribution < 1.29 is 26.3 Å². The third kappa shape index (κ3) is 5.34. The molecule has 0 bridgehead atoms. The van der Waals surface area contributed by atoms with Crippen molar-refractivity contribution in [1.82, 2.24) is 18.1 Å². The van der Waals surface area contributed by atoms with Gasteiger partial charge in [0, 0.05) is 45.5 Å². The van der Waals surface area contributed by atoms with E-state index in [2.05, 4.69) is 0 Å². The molecular weight excluding hydrogens is 465 g/mol. The number of morpholine rings is 1. The van der Waals surface area contributed by atoms with Crippen LogP contribution >= 0.6 is 23.8 Å². The van der Waals surface area contributed by atoms with Gasteiger partial charge in [-0.3, -0.25) is 4.90 Å². The van der Waals surface area contributed by atoms with Crippen molar-refractivity contribution in [2.75, 3.05) is 39.3 Å². The van der Waals surface area contributed by atoms with E-state index in [1.165, 1.54) is 13.2 Å². The van der Waals surface area contributed by atoms with Crippen LogP contribution in [0.2, 0.25) is 5.02 Å². The molecule has 0 aromatic carbocycles. The van der Waals surface area contributed by atoms with Crippen molar-refractivity contribution in [3.63, 3.8) is 0 Å². The Hall–Kier alpha value is -0.760. The van der Waals surface area contributed by atoms with E-state index in [1.54, 1.807) is 0 Å². The van der Waals surface area contributed by atoms with E-state index in [1.807, 2.05) is 18.7 Å². The first-order valence-electron chi connectivity index (χ1n) is 9.48. The van der Waals surface area contributed by atoms with Gasteiger partial charge in [-0.1, -0.05) is 23.8 Å². The van der Waals surface area contributed by atoms with Gasteiger partial charge in [-0.15, -0.1) is 0 Å². The summed E-state index contributed by atoms with van der Waals surface area (Å²) in [4.78, 5) is 1.85. The van der Waals surface area contributed by atoms with Crippen molar-refractivity contribution in [1.29, 1.82) is 0 Å². The smallest absolute Gasteiger partial charge is 0.373 e. The summed E-state index contributed by atoms with van der Waals surface area (Å²) in [6.45, 7) is 5.57. The topological polar surface area (TPSA) is 58.0 Å². The molecule has 0 unspecified atom stereocenters. The minimum absolute atomic E-state index is 0.0992. The number of nitrogens with zero attached hydrogens (tertiary/aromatic N) is 4.